The second-order valence-corrected chi connectivity index (χ2v) is 34.4. The molecule has 0 aromatic heterocycles. The summed E-state index contributed by atoms with van der Waals surface area (Å²) < 4.78 is 4.20. The number of fused-ring (bicyclic) bond motifs is 3. The maximum Gasteiger partial charge on any atom is 0.407 e. The lowest BCUT2D eigenvalue weighted by atomic mass is 9.84. The SMILES string of the molecule is CC(=O)CNC(=O)C1(NC(=O)[C@@H](CSC(c2ccccc2)(c2ccccc2)c2ccccc2)NC(=O)[C@@H](Cc2cccc(Cl)c2)NC(=O)OCC2c3ccccc3-c3ccccc32)CC1.CCC/C=C/[C@@H](O)CC(=O)N[C@H](Cc1cccc(Cl)c1)C(=O)N[C@H](CSC(c1ccccc1)(c1ccccc1)c1ccccc1)C(=O)NC1(C(=O)NCC(C)=O)CC1. The van der Waals surface area contributed by atoms with E-state index in [0.29, 0.717) is 46.9 Å². The maximum absolute atomic E-state index is 14.8. The van der Waals surface area contributed by atoms with Gasteiger partial charge in [0, 0.05) is 40.3 Å². The van der Waals surface area contributed by atoms with Gasteiger partial charge in [-0.1, -0.05) is 303 Å². The highest BCUT2D eigenvalue weighted by Crippen LogP contribution is 2.51. The number of unbranched alkanes of at least 4 members (excludes halogenated alkanes) is 1. The van der Waals surface area contributed by atoms with Crippen LogP contribution in [0.3, 0.4) is 0 Å². The number of carbonyl (C=O) groups excluding carboxylic acids is 10. The first-order valence-corrected chi connectivity index (χ1v) is 43.9. The fraction of sp³-hybridized carbons (Fsp3) is 0.273. The van der Waals surface area contributed by atoms with Gasteiger partial charge in [-0.25, -0.2) is 4.79 Å². The Balaban J connectivity index is 0.000000226. The Morgan fingerprint density at radius 3 is 1.14 bits per heavy atom. The molecule has 24 heteroatoms. The Kier molecular flexibility index (Phi) is 31.4. The first-order valence-electron chi connectivity index (χ1n) is 41.2. The summed E-state index contributed by atoms with van der Waals surface area (Å²) in [5, 5.41) is 34.0. The van der Waals surface area contributed by atoms with Crippen molar-refractivity contribution in [1.29, 1.82) is 0 Å². The monoisotopic (exact) mass is 1730 g/mol. The first-order chi connectivity index (χ1) is 59.5. The van der Waals surface area contributed by atoms with Crippen molar-refractivity contribution < 1.29 is 57.8 Å². The number of hydrogen-bond acceptors (Lipinski definition) is 14. The number of nitrogens with one attached hydrogen (secondary N) is 8. The summed E-state index contributed by atoms with van der Waals surface area (Å²) in [6.07, 6.45) is 4.38. The summed E-state index contributed by atoms with van der Waals surface area (Å²) in [6, 6.07) is 84.8. The number of aliphatic hydroxyl groups is 1. The van der Waals surface area contributed by atoms with Crippen molar-refractivity contribution in [1.82, 2.24) is 42.5 Å². The van der Waals surface area contributed by atoms with Crippen LogP contribution in [0.4, 0.5) is 4.79 Å². The Bertz CT molecular complexity index is 5140. The van der Waals surface area contributed by atoms with Crippen LogP contribution in [0.1, 0.15) is 127 Å². The minimum atomic E-state index is -1.24. The second-order valence-electron chi connectivity index (χ2n) is 31.0. The van der Waals surface area contributed by atoms with Gasteiger partial charge >= 0.3 is 6.09 Å². The number of thioether (sulfide) groups is 2. The molecule has 10 aromatic rings. The zero-order valence-electron chi connectivity index (χ0n) is 68.6. The number of amides is 8. The topological polar surface area (TPSA) is 296 Å². The van der Waals surface area contributed by atoms with Crippen molar-refractivity contribution in [3.8, 4) is 11.1 Å². The molecule has 0 unspecified atom stereocenters. The third-order valence-corrected chi connectivity index (χ3v) is 25.6. The number of benzene rings is 10. The lowest BCUT2D eigenvalue weighted by Crippen LogP contribution is -2.59. The molecule has 0 spiro atoms. The molecule has 3 aliphatic rings. The molecular weight excluding hydrogens is 1630 g/mol. The van der Waals surface area contributed by atoms with Crippen LogP contribution >= 0.6 is 46.7 Å². The van der Waals surface area contributed by atoms with Crippen molar-refractivity contribution in [2.75, 3.05) is 31.2 Å². The molecule has 5 atom stereocenters. The van der Waals surface area contributed by atoms with Gasteiger partial charge in [0.1, 0.15) is 53.4 Å². The Morgan fingerprint density at radius 1 is 0.447 bits per heavy atom. The highest BCUT2D eigenvalue weighted by atomic mass is 35.5. The lowest BCUT2D eigenvalue weighted by molar-refractivity contribution is -0.134. The van der Waals surface area contributed by atoms with Crippen molar-refractivity contribution in [3.05, 3.63) is 357 Å². The summed E-state index contributed by atoms with van der Waals surface area (Å²) in [6.45, 7) is 4.42. The number of hydrogen-bond donors (Lipinski definition) is 9. The average Bonchev–Trinajstić information content (AvgIpc) is 1.76. The largest absolute Gasteiger partial charge is 0.449 e. The summed E-state index contributed by atoms with van der Waals surface area (Å²) in [4.78, 5) is 136. The third kappa shape index (κ3) is 23.5. The van der Waals surface area contributed by atoms with Crippen molar-refractivity contribution >= 4 is 106 Å². The van der Waals surface area contributed by atoms with Gasteiger partial charge in [-0.3, -0.25) is 43.2 Å². The van der Waals surface area contributed by atoms with E-state index in [0.717, 1.165) is 68.5 Å². The van der Waals surface area contributed by atoms with E-state index in [-0.39, 0.29) is 67.9 Å². The number of halogens is 2. The van der Waals surface area contributed by atoms with E-state index < -0.39 is 98.3 Å². The van der Waals surface area contributed by atoms with Crippen LogP contribution in [0.15, 0.2) is 291 Å². The molecule has 0 radical (unpaired) electrons. The fourth-order valence-electron chi connectivity index (χ4n) is 15.3. The molecular formula is C99H100Cl2N8O12S2. The molecule has 634 valence electrons. The summed E-state index contributed by atoms with van der Waals surface area (Å²) in [5.41, 5.74) is 8.81. The van der Waals surface area contributed by atoms with Crippen molar-refractivity contribution in [3.63, 3.8) is 0 Å². The fourth-order valence-corrected chi connectivity index (χ4v) is 18.8. The number of rotatable bonds is 39. The number of ether oxygens (including phenoxy) is 1. The number of carbonyl (C=O) groups is 10. The number of ketones is 2. The van der Waals surface area contributed by atoms with Gasteiger partial charge in [-0.05, 0) is 137 Å². The zero-order valence-corrected chi connectivity index (χ0v) is 71.7. The minimum absolute atomic E-state index is 0.0252. The van der Waals surface area contributed by atoms with Crippen LogP contribution in [0, 0.1) is 0 Å². The molecule has 0 bridgehead atoms. The molecule has 9 N–H and O–H groups in total. The molecule has 2 saturated carbocycles. The molecule has 8 amide bonds. The highest BCUT2D eigenvalue weighted by molar-refractivity contribution is 8.01. The number of alkyl carbamates (subject to hydrolysis) is 1. The summed E-state index contributed by atoms with van der Waals surface area (Å²) in [5.74, 6) is -4.55. The standard InChI is InChI=1S/C53H49ClN4O6S.C46H51ClN4O6S/c1-35(59)32-55-50(62)52(28-29-52)58-49(61)47(34-65-53(37-17-5-2-6-18-37,38-19-7-3-8-20-38)39-21-9-4-10-22-39)56-48(60)46(31-36-16-15-23-40(54)30-36)57-51(63)64-33-45-43-26-13-11-24-41(43)42-25-12-14-27-44(42)45;1-3-4-8-24-38(53)29-41(54)49-39(28-33-16-15-23-37(47)27-33)42(55)50-40(43(56)51-45(25-26-45)44(57)48-30-32(2)52)31-58-46(34-17-9-5-10-18-34,35-19-11-6-12-20-35)36-21-13-7-14-22-36/h2-27,30,45-47H,28-29,31-34H2,1H3,(H,55,62)(H,56,60)(H,57,63)(H,58,61);5-24,27,38-40,53H,3-4,25-26,28-31H2,1-2H3,(H,48,57)(H,49,54)(H,50,55)(H,51,56)/b;24-8+/t46-,47-;38-,39-,40-/m11/s1. The van der Waals surface area contributed by atoms with Crippen LogP contribution in [0.2, 0.25) is 10.0 Å². The van der Waals surface area contributed by atoms with Gasteiger partial charge in [0.05, 0.1) is 35.1 Å². The normalized spacial score (nSPS) is 14.6. The predicted molar refractivity (Wildman–Crippen MR) is 484 cm³/mol. The van der Waals surface area contributed by atoms with Gasteiger partial charge in [0.25, 0.3) is 0 Å². The molecule has 0 saturated heterocycles. The molecule has 20 nitrogen and oxygen atoms in total. The Hall–Kier alpha value is -11.9. The van der Waals surface area contributed by atoms with Gasteiger partial charge in [-0.2, -0.15) is 0 Å². The minimum Gasteiger partial charge on any atom is -0.449 e. The van der Waals surface area contributed by atoms with Gasteiger partial charge in [0.15, 0.2) is 0 Å². The first kappa shape index (κ1) is 90.3. The predicted octanol–water partition coefficient (Wildman–Crippen LogP) is 14.4. The average molecular weight is 1730 g/mol. The number of Topliss-reactive ketones (excluding diaryl/α,β-unsaturated/α-hetero) is 2. The summed E-state index contributed by atoms with van der Waals surface area (Å²) in [7, 11) is 0. The molecule has 2 fully saturated rings. The van der Waals surface area contributed by atoms with Crippen LogP contribution in [-0.4, -0.2) is 137 Å². The zero-order chi connectivity index (χ0) is 86.9. The Labute approximate surface area is 735 Å². The van der Waals surface area contributed by atoms with E-state index in [1.165, 1.54) is 37.4 Å². The van der Waals surface area contributed by atoms with E-state index in [4.69, 9.17) is 27.9 Å². The van der Waals surface area contributed by atoms with E-state index in [2.05, 4.69) is 54.7 Å². The van der Waals surface area contributed by atoms with Crippen LogP contribution in [0.5, 0.6) is 0 Å². The molecule has 0 heterocycles. The highest BCUT2D eigenvalue weighted by Gasteiger charge is 2.54. The molecule has 0 aliphatic heterocycles. The van der Waals surface area contributed by atoms with Gasteiger partial charge < -0.3 is 52.4 Å². The number of allylic oxidation sites excluding steroid dienone is 1. The van der Waals surface area contributed by atoms with Crippen LogP contribution in [0.25, 0.3) is 11.1 Å². The van der Waals surface area contributed by atoms with Crippen LogP contribution < -0.4 is 42.5 Å². The lowest BCUT2D eigenvalue weighted by Gasteiger charge is -2.37. The van der Waals surface area contributed by atoms with Crippen molar-refractivity contribution in [2.45, 2.75) is 135 Å². The van der Waals surface area contributed by atoms with Crippen molar-refractivity contribution in [2.24, 2.45) is 0 Å². The molecule has 123 heavy (non-hydrogen) atoms. The van der Waals surface area contributed by atoms with Gasteiger partial charge in [-0.15, -0.1) is 23.5 Å². The smallest absolute Gasteiger partial charge is 0.407 e. The molecule has 3 aliphatic carbocycles. The quantitative estimate of drug-likeness (QED) is 0.0128. The van der Waals surface area contributed by atoms with E-state index in [1.807, 2.05) is 231 Å². The molecule has 13 rings (SSSR count). The maximum atomic E-state index is 14.8. The van der Waals surface area contributed by atoms with Gasteiger partial charge in [0.2, 0.25) is 41.4 Å². The van der Waals surface area contributed by atoms with E-state index >= 15 is 0 Å². The third-order valence-electron chi connectivity index (χ3n) is 21.8. The molecule has 10 aromatic carbocycles. The van der Waals surface area contributed by atoms with Crippen LogP contribution in [-0.2, 0) is 70.2 Å². The van der Waals surface area contributed by atoms with E-state index in [9.17, 15) is 53.1 Å². The second kappa shape index (κ2) is 42.7. The number of aliphatic hydroxyl groups excluding tert-OH is 1. The Morgan fingerprint density at radius 2 is 0.797 bits per heavy atom. The van der Waals surface area contributed by atoms with E-state index in [1.54, 1.807) is 54.6 Å². The summed E-state index contributed by atoms with van der Waals surface area (Å²) >= 11 is 15.6.